The molecule has 8 heavy (non-hydrogen) atoms. The second-order valence-electron chi connectivity index (χ2n) is 1.89. The maximum atomic E-state index is 2.32. The van der Waals surface area contributed by atoms with Crippen LogP contribution in [0.1, 0.15) is 0 Å². The third kappa shape index (κ3) is 10.5. The summed E-state index contributed by atoms with van der Waals surface area (Å²) in [6.45, 7) is 0. The normalized spacial score (nSPS) is 8.75. The van der Waals surface area contributed by atoms with E-state index in [0.29, 0.717) is 0 Å². The first kappa shape index (κ1) is 12.3. The fraction of sp³-hybridized carbons (Fsp3) is 1.00. The van der Waals surface area contributed by atoms with Crippen LogP contribution in [0.3, 0.4) is 0 Å². The molecular formula is C4H12ClN2Nd. The van der Waals surface area contributed by atoms with Crippen LogP contribution < -0.4 is 12.4 Å². The summed E-state index contributed by atoms with van der Waals surface area (Å²) >= 11 is -0.485. The molecule has 0 aromatic heterocycles. The largest absolute Gasteiger partial charge is 1.00 e. The van der Waals surface area contributed by atoms with E-state index in [-0.39, 0.29) is 12.4 Å². The average Bonchev–Trinajstić information content (AvgIpc) is 1.27. The van der Waals surface area contributed by atoms with Crippen LogP contribution in [0, 0.1) is 37.5 Å². The second kappa shape index (κ2) is 6.68. The van der Waals surface area contributed by atoms with Crippen molar-refractivity contribution in [2.75, 3.05) is 28.2 Å². The standard InChI is InChI=1S/2C2H6N.ClH.Nd/c2*1-3-2;;/h2*1-2H3;1H;/q2*-1;;+3/p-1. The maximum Gasteiger partial charge on any atom is -1.00 e. The summed E-state index contributed by atoms with van der Waals surface area (Å²) in [5.74, 6) is 0. The third-order valence-corrected chi connectivity index (χ3v) is 2.97. The fourth-order valence-electron chi connectivity index (χ4n) is 0.400. The van der Waals surface area contributed by atoms with Crippen LogP contribution in [0.4, 0.5) is 0 Å². The Bertz CT molecular complexity index is 43.3. The van der Waals surface area contributed by atoms with Crippen molar-refractivity contribution in [3.63, 3.8) is 0 Å². The fourth-order valence-corrected chi connectivity index (χ4v) is 2.97. The Kier molecular flexibility index (Phi) is 10.2. The molecule has 0 spiro atoms. The Morgan fingerprint density at radius 3 is 1.12 bits per heavy atom. The van der Waals surface area contributed by atoms with Gasteiger partial charge in [-0.05, 0) is 0 Å². The van der Waals surface area contributed by atoms with Crippen molar-refractivity contribution < 1.29 is 49.9 Å². The SMILES string of the molecule is C[N](C)[Nd+][N](C)C.[Cl-]. The number of halogens is 1. The van der Waals surface area contributed by atoms with Crippen molar-refractivity contribution >= 4 is 0 Å². The van der Waals surface area contributed by atoms with E-state index in [9.17, 15) is 0 Å². The van der Waals surface area contributed by atoms with Crippen molar-refractivity contribution in [3.8, 4) is 0 Å². The Balaban J connectivity index is 0. The van der Waals surface area contributed by atoms with E-state index in [0.717, 1.165) is 0 Å². The van der Waals surface area contributed by atoms with Gasteiger partial charge in [0.15, 0.2) is 0 Å². The predicted molar refractivity (Wildman–Crippen MR) is 27.4 cm³/mol. The molecule has 0 heterocycles. The summed E-state index contributed by atoms with van der Waals surface area (Å²) < 4.78 is 4.64. The molecular weight excluding hydrogens is 256 g/mol. The van der Waals surface area contributed by atoms with Crippen LogP contribution in [0.2, 0.25) is 0 Å². The Hall–Kier alpha value is 1.56. The van der Waals surface area contributed by atoms with Gasteiger partial charge in [0, 0.05) is 0 Å². The van der Waals surface area contributed by atoms with Gasteiger partial charge in [-0.2, -0.15) is 0 Å². The third-order valence-electron chi connectivity index (χ3n) is 0.400. The molecule has 0 aromatic carbocycles. The zero-order valence-corrected chi connectivity index (χ0v) is 9.74. The number of rotatable bonds is 2. The van der Waals surface area contributed by atoms with E-state index >= 15 is 0 Å². The minimum atomic E-state index is -0.485. The van der Waals surface area contributed by atoms with Gasteiger partial charge in [-0.1, -0.05) is 0 Å². The van der Waals surface area contributed by atoms with Gasteiger partial charge in [0.1, 0.15) is 0 Å². The molecule has 0 aliphatic heterocycles. The summed E-state index contributed by atoms with van der Waals surface area (Å²) in [5.41, 5.74) is 0. The Morgan fingerprint density at radius 1 is 0.875 bits per heavy atom. The molecule has 0 rings (SSSR count). The quantitative estimate of drug-likeness (QED) is 0.527. The topological polar surface area (TPSA) is 6.48 Å². The van der Waals surface area contributed by atoms with E-state index in [4.69, 9.17) is 0 Å². The van der Waals surface area contributed by atoms with E-state index < -0.39 is 37.5 Å². The van der Waals surface area contributed by atoms with Gasteiger partial charge in [-0.25, -0.2) is 0 Å². The zero-order chi connectivity index (χ0) is 5.86. The summed E-state index contributed by atoms with van der Waals surface area (Å²) in [4.78, 5) is 0. The molecule has 0 bridgehead atoms. The molecule has 4 heteroatoms. The van der Waals surface area contributed by atoms with Gasteiger partial charge in [-0.15, -0.1) is 0 Å². The van der Waals surface area contributed by atoms with Gasteiger partial charge in [-0.3, -0.25) is 0 Å². The Labute approximate surface area is 79.1 Å². The van der Waals surface area contributed by atoms with Crippen LogP contribution in [0.15, 0.2) is 0 Å². The van der Waals surface area contributed by atoms with Crippen LogP contribution in [0.25, 0.3) is 0 Å². The number of hydrogen-bond donors (Lipinski definition) is 0. The van der Waals surface area contributed by atoms with E-state index in [1.807, 2.05) is 0 Å². The molecule has 0 aromatic rings. The van der Waals surface area contributed by atoms with Gasteiger partial charge in [0.2, 0.25) is 0 Å². The number of hydrogen-bond acceptors (Lipinski definition) is 2. The Morgan fingerprint density at radius 2 is 1.12 bits per heavy atom. The van der Waals surface area contributed by atoms with Crippen molar-refractivity contribution in [1.29, 1.82) is 0 Å². The second-order valence-corrected chi connectivity index (χ2v) is 8.27. The molecule has 0 saturated carbocycles. The number of nitrogens with zero attached hydrogens (tertiary/aromatic N) is 2. The zero-order valence-electron chi connectivity index (χ0n) is 5.77. The van der Waals surface area contributed by atoms with Crippen LogP contribution >= 0.6 is 0 Å². The van der Waals surface area contributed by atoms with Gasteiger partial charge < -0.3 is 12.4 Å². The molecule has 0 unspecified atom stereocenters. The minimum absolute atomic E-state index is 0. The first-order valence-electron chi connectivity index (χ1n) is 2.24. The molecule has 2 nitrogen and oxygen atoms in total. The van der Waals surface area contributed by atoms with Crippen molar-refractivity contribution in [2.24, 2.45) is 0 Å². The van der Waals surface area contributed by atoms with Crippen molar-refractivity contribution in [1.82, 2.24) is 1.97 Å². The monoisotopic (exact) mass is 265 g/mol. The molecule has 0 N–H and O–H groups in total. The van der Waals surface area contributed by atoms with E-state index in [1.54, 1.807) is 0 Å². The average molecular weight is 268 g/mol. The molecule has 49 valence electrons. The first-order chi connectivity index (χ1) is 3.13. The van der Waals surface area contributed by atoms with Gasteiger partial charge in [0.25, 0.3) is 0 Å². The summed E-state index contributed by atoms with van der Waals surface area (Å²) in [5, 5.41) is 0. The van der Waals surface area contributed by atoms with Gasteiger partial charge in [0.05, 0.1) is 0 Å². The molecule has 0 amide bonds. The van der Waals surface area contributed by atoms with Crippen molar-refractivity contribution in [2.45, 2.75) is 0 Å². The van der Waals surface area contributed by atoms with E-state index in [2.05, 4.69) is 30.2 Å². The molecule has 0 fully saturated rings. The molecule has 0 saturated heterocycles. The summed E-state index contributed by atoms with van der Waals surface area (Å²) in [6.07, 6.45) is 0. The van der Waals surface area contributed by atoms with Gasteiger partial charge >= 0.3 is 67.6 Å². The van der Waals surface area contributed by atoms with Crippen LogP contribution in [-0.2, 0) is 0 Å². The van der Waals surface area contributed by atoms with Crippen molar-refractivity contribution in [3.05, 3.63) is 0 Å². The molecule has 0 aliphatic carbocycles. The summed E-state index contributed by atoms with van der Waals surface area (Å²) in [7, 11) is 8.57. The smallest absolute Gasteiger partial charge is 1.00 e. The van der Waals surface area contributed by atoms with E-state index in [1.165, 1.54) is 0 Å². The first-order valence-corrected chi connectivity index (χ1v) is 5.11. The summed E-state index contributed by atoms with van der Waals surface area (Å²) in [6, 6.07) is 0. The van der Waals surface area contributed by atoms with Crippen LogP contribution in [-0.4, -0.2) is 30.2 Å². The predicted octanol–water partition coefficient (Wildman–Crippen LogP) is -2.97. The molecule has 0 atom stereocenters. The maximum absolute atomic E-state index is 2.32. The minimum Gasteiger partial charge on any atom is -1.00 e. The molecule has 0 radical (unpaired) electrons. The van der Waals surface area contributed by atoms with Crippen LogP contribution in [0.5, 0.6) is 0 Å². The molecule has 0 aliphatic rings.